The van der Waals surface area contributed by atoms with E-state index >= 15 is 0 Å². The van der Waals surface area contributed by atoms with Gasteiger partial charge in [0.25, 0.3) is 0 Å². The van der Waals surface area contributed by atoms with E-state index in [2.05, 4.69) is 0 Å². The number of methoxy groups -OCH3 is 1. The van der Waals surface area contributed by atoms with Crippen LogP contribution < -0.4 is 14.4 Å². The van der Waals surface area contributed by atoms with Crippen LogP contribution >= 0.6 is 0 Å². The van der Waals surface area contributed by atoms with Crippen LogP contribution in [-0.4, -0.2) is 56.0 Å². The fourth-order valence-electron chi connectivity index (χ4n) is 3.03. The summed E-state index contributed by atoms with van der Waals surface area (Å²) in [5.74, 6) is 1.14. The summed E-state index contributed by atoms with van der Waals surface area (Å²) in [6.45, 7) is 1.15. The molecular weight excluding hydrogens is 346 g/mol. The Morgan fingerprint density at radius 3 is 2.44 bits per heavy atom. The third kappa shape index (κ3) is 4.30. The van der Waals surface area contributed by atoms with Crippen LogP contribution in [0.4, 0.5) is 5.69 Å². The van der Waals surface area contributed by atoms with E-state index in [0.717, 1.165) is 11.3 Å². The Morgan fingerprint density at radius 2 is 1.81 bits per heavy atom. The molecule has 2 N–H and O–H groups in total. The number of ketones is 1. The molecule has 27 heavy (non-hydrogen) atoms. The van der Waals surface area contributed by atoms with Crippen LogP contribution in [0.1, 0.15) is 15.9 Å². The number of hydrogen-bond acceptors (Lipinski definition) is 6. The quantitative estimate of drug-likeness (QED) is 0.728. The molecule has 2 aromatic rings. The molecule has 2 aromatic carbocycles. The van der Waals surface area contributed by atoms with E-state index < -0.39 is 0 Å². The van der Waals surface area contributed by atoms with Crippen LogP contribution in [0.5, 0.6) is 11.5 Å². The van der Waals surface area contributed by atoms with E-state index in [-0.39, 0.29) is 25.6 Å². The van der Waals surface area contributed by atoms with Gasteiger partial charge < -0.3 is 24.6 Å². The highest BCUT2D eigenvalue weighted by Gasteiger charge is 2.23. The van der Waals surface area contributed by atoms with Gasteiger partial charge in [-0.2, -0.15) is 0 Å². The van der Waals surface area contributed by atoms with Crippen LogP contribution in [0, 0.1) is 0 Å². The van der Waals surface area contributed by atoms with Gasteiger partial charge in [-0.25, -0.2) is 0 Å². The zero-order valence-electron chi connectivity index (χ0n) is 15.2. The number of Topliss-reactive ketones (excluding diaryl/α,β-unsaturated/α-hetero) is 1. The van der Waals surface area contributed by atoms with E-state index in [1.165, 1.54) is 0 Å². The average Bonchev–Trinajstić information content (AvgIpc) is 2.70. The molecular formula is C21H23NO5. The van der Waals surface area contributed by atoms with Gasteiger partial charge in [0.15, 0.2) is 5.78 Å². The molecule has 0 spiro atoms. The number of rotatable bonds is 7. The summed E-state index contributed by atoms with van der Waals surface area (Å²) in [5.41, 5.74) is 2.91. The number of ether oxygens (including phenoxy) is 2. The summed E-state index contributed by atoms with van der Waals surface area (Å²) >= 11 is 0. The zero-order valence-corrected chi connectivity index (χ0v) is 15.2. The number of nitrogens with zero attached hydrogens (tertiary/aromatic N) is 1. The van der Waals surface area contributed by atoms with Gasteiger partial charge >= 0.3 is 0 Å². The molecule has 3 rings (SSSR count). The van der Waals surface area contributed by atoms with Gasteiger partial charge in [-0.3, -0.25) is 4.79 Å². The lowest BCUT2D eigenvalue weighted by Gasteiger charge is -2.23. The minimum Gasteiger partial charge on any atom is -0.497 e. The number of benzene rings is 2. The molecule has 6 heteroatoms. The lowest BCUT2D eigenvalue weighted by molar-refractivity contribution is 0.100. The summed E-state index contributed by atoms with van der Waals surface area (Å²) in [7, 11) is 1.57. The lowest BCUT2D eigenvalue weighted by atomic mass is 9.98. The summed E-state index contributed by atoms with van der Waals surface area (Å²) < 4.78 is 10.9. The van der Waals surface area contributed by atoms with Crippen molar-refractivity contribution in [2.24, 2.45) is 0 Å². The monoisotopic (exact) mass is 369 g/mol. The van der Waals surface area contributed by atoms with Gasteiger partial charge in [-0.1, -0.05) is 12.1 Å². The first-order chi connectivity index (χ1) is 13.2. The largest absolute Gasteiger partial charge is 0.497 e. The van der Waals surface area contributed by atoms with E-state index in [4.69, 9.17) is 19.7 Å². The second-order valence-corrected chi connectivity index (χ2v) is 6.18. The number of fused-ring (bicyclic) bond motifs is 1. The number of anilines is 1. The highest BCUT2D eigenvalue weighted by Crippen LogP contribution is 2.31. The van der Waals surface area contributed by atoms with Crippen molar-refractivity contribution in [2.45, 2.75) is 0 Å². The molecule has 0 atom stereocenters. The molecule has 0 saturated heterocycles. The van der Waals surface area contributed by atoms with Crippen molar-refractivity contribution >= 4 is 17.5 Å². The van der Waals surface area contributed by atoms with Crippen molar-refractivity contribution in [1.29, 1.82) is 0 Å². The number of carbonyl (C=O) groups excluding carboxylic acids is 1. The third-order valence-electron chi connectivity index (χ3n) is 4.45. The molecule has 0 unspecified atom stereocenters. The molecule has 0 fully saturated rings. The normalized spacial score (nSPS) is 14.6. The van der Waals surface area contributed by atoms with Crippen LogP contribution in [0.15, 0.2) is 48.0 Å². The van der Waals surface area contributed by atoms with Gasteiger partial charge in [0, 0.05) is 30.4 Å². The van der Waals surface area contributed by atoms with Crippen molar-refractivity contribution in [3.05, 3.63) is 59.2 Å². The van der Waals surface area contributed by atoms with Crippen molar-refractivity contribution in [2.75, 3.05) is 44.9 Å². The van der Waals surface area contributed by atoms with Crippen LogP contribution in [0.3, 0.4) is 0 Å². The summed E-state index contributed by atoms with van der Waals surface area (Å²) in [4.78, 5) is 14.6. The molecule has 1 aliphatic rings. The smallest absolute Gasteiger partial charge is 0.196 e. The maximum Gasteiger partial charge on any atom is 0.196 e. The molecule has 1 aliphatic heterocycles. The molecule has 0 amide bonds. The summed E-state index contributed by atoms with van der Waals surface area (Å²) in [5, 5.41) is 18.3. The van der Waals surface area contributed by atoms with E-state index in [0.29, 0.717) is 35.7 Å². The molecule has 0 saturated carbocycles. The van der Waals surface area contributed by atoms with Gasteiger partial charge in [0.2, 0.25) is 0 Å². The summed E-state index contributed by atoms with van der Waals surface area (Å²) in [6.07, 6.45) is 1.82. The molecule has 0 aliphatic carbocycles. The van der Waals surface area contributed by atoms with Crippen molar-refractivity contribution in [3.8, 4) is 11.5 Å². The van der Waals surface area contributed by atoms with E-state index in [1.54, 1.807) is 25.3 Å². The summed E-state index contributed by atoms with van der Waals surface area (Å²) in [6, 6.07) is 12.8. The minimum absolute atomic E-state index is 0.0157. The Balaban J connectivity index is 1.79. The molecule has 0 radical (unpaired) electrons. The maximum absolute atomic E-state index is 12.7. The first-order valence-electron chi connectivity index (χ1n) is 8.79. The Labute approximate surface area is 158 Å². The lowest BCUT2D eigenvalue weighted by Crippen LogP contribution is -2.29. The topological polar surface area (TPSA) is 79.2 Å². The number of hydrogen-bond donors (Lipinski definition) is 2. The molecule has 0 aromatic heterocycles. The average molecular weight is 369 g/mol. The zero-order chi connectivity index (χ0) is 19.2. The van der Waals surface area contributed by atoms with Crippen LogP contribution in [-0.2, 0) is 0 Å². The standard InChI is InChI=1S/C21H23NO5/c1-26-18-6-7-19-20(13-18)27-14-16(21(19)25)12-15-2-4-17(5-3-15)22(8-10-23)9-11-24/h2-7,12-13,23-24H,8-11,14H2,1H3/b16-12+. The fourth-order valence-corrected chi connectivity index (χ4v) is 3.03. The number of aliphatic hydroxyl groups excluding tert-OH is 2. The number of carbonyl (C=O) groups is 1. The van der Waals surface area contributed by atoms with Gasteiger partial charge in [-0.05, 0) is 35.9 Å². The van der Waals surface area contributed by atoms with E-state index in [9.17, 15) is 4.79 Å². The third-order valence-corrected chi connectivity index (χ3v) is 4.45. The van der Waals surface area contributed by atoms with Crippen molar-refractivity contribution < 1.29 is 24.5 Å². The molecule has 6 nitrogen and oxygen atoms in total. The van der Waals surface area contributed by atoms with Crippen LogP contribution in [0.2, 0.25) is 0 Å². The Morgan fingerprint density at radius 1 is 1.11 bits per heavy atom. The minimum atomic E-state index is -0.0508. The predicted molar refractivity (Wildman–Crippen MR) is 104 cm³/mol. The first-order valence-corrected chi connectivity index (χ1v) is 8.79. The fraction of sp³-hybridized carbons (Fsp3) is 0.286. The van der Waals surface area contributed by atoms with Crippen molar-refractivity contribution in [3.63, 3.8) is 0 Å². The van der Waals surface area contributed by atoms with E-state index in [1.807, 2.05) is 35.2 Å². The maximum atomic E-state index is 12.7. The van der Waals surface area contributed by atoms with Crippen molar-refractivity contribution in [1.82, 2.24) is 0 Å². The van der Waals surface area contributed by atoms with Gasteiger partial charge in [0.05, 0.1) is 25.9 Å². The SMILES string of the molecule is COc1ccc2c(c1)OC/C(=C\c1ccc(N(CCO)CCO)cc1)C2=O. The molecule has 1 heterocycles. The van der Waals surface area contributed by atoms with Crippen LogP contribution in [0.25, 0.3) is 6.08 Å². The predicted octanol–water partition coefficient (Wildman–Crippen LogP) is 2.14. The molecule has 142 valence electrons. The highest BCUT2D eigenvalue weighted by atomic mass is 16.5. The number of aliphatic hydroxyl groups is 2. The second-order valence-electron chi connectivity index (χ2n) is 6.18. The highest BCUT2D eigenvalue weighted by molar-refractivity contribution is 6.14. The van der Waals surface area contributed by atoms with Gasteiger partial charge in [-0.15, -0.1) is 0 Å². The Hall–Kier alpha value is -2.83. The van der Waals surface area contributed by atoms with Gasteiger partial charge in [0.1, 0.15) is 18.1 Å². The second kappa shape index (κ2) is 8.70. The molecule has 0 bridgehead atoms. The Kier molecular flexibility index (Phi) is 6.11. The Bertz CT molecular complexity index is 823. The first kappa shape index (κ1) is 18.9.